The van der Waals surface area contributed by atoms with Crippen LogP contribution in [0.4, 0.5) is 5.82 Å². The normalized spacial score (nSPS) is 10.4. The number of benzene rings is 1. The van der Waals surface area contributed by atoms with Crippen molar-refractivity contribution in [2.45, 2.75) is 20.8 Å². The molecule has 0 fully saturated rings. The summed E-state index contributed by atoms with van der Waals surface area (Å²) < 4.78 is 0. The summed E-state index contributed by atoms with van der Waals surface area (Å²) >= 11 is 0. The monoisotopic (exact) mass is 213 g/mol. The molecule has 0 saturated carbocycles. The van der Waals surface area contributed by atoms with Gasteiger partial charge in [0.05, 0.1) is 5.69 Å². The van der Waals surface area contributed by atoms with Crippen molar-refractivity contribution in [3.05, 3.63) is 41.2 Å². The number of hydrogen-bond donors (Lipinski definition) is 1. The van der Waals surface area contributed by atoms with Crippen molar-refractivity contribution < 1.29 is 0 Å². The first-order chi connectivity index (χ1) is 7.56. The number of aromatic nitrogens is 2. The Balaban J connectivity index is 2.62. The van der Waals surface area contributed by atoms with Crippen LogP contribution in [0.2, 0.25) is 0 Å². The maximum atomic E-state index is 5.73. The number of hydrogen-bond acceptors (Lipinski definition) is 3. The molecule has 1 aromatic carbocycles. The zero-order valence-electron chi connectivity index (χ0n) is 9.78. The van der Waals surface area contributed by atoms with Crippen LogP contribution in [0.1, 0.15) is 17.0 Å². The molecule has 0 spiro atoms. The fraction of sp³-hybridized carbons (Fsp3) is 0.231. The Hall–Kier alpha value is -1.90. The van der Waals surface area contributed by atoms with E-state index in [0.29, 0.717) is 11.6 Å². The van der Waals surface area contributed by atoms with Crippen LogP contribution in [0.25, 0.3) is 11.3 Å². The summed E-state index contributed by atoms with van der Waals surface area (Å²) in [5, 5.41) is 0. The summed E-state index contributed by atoms with van der Waals surface area (Å²) in [6.07, 6.45) is 0. The van der Waals surface area contributed by atoms with Gasteiger partial charge in [0.25, 0.3) is 0 Å². The number of nitrogens with two attached hydrogens (primary N) is 1. The standard InChI is InChI=1S/C13H15N3/c1-8-4-5-9(2)11(6-8)12-7-13(14)16-10(3)15-12/h4-7H,1-3H3,(H2,14,15,16). The van der Waals surface area contributed by atoms with E-state index in [4.69, 9.17) is 5.73 Å². The van der Waals surface area contributed by atoms with Crippen molar-refractivity contribution >= 4 is 5.82 Å². The van der Waals surface area contributed by atoms with Crippen LogP contribution in [0, 0.1) is 20.8 Å². The van der Waals surface area contributed by atoms with Crippen LogP contribution in [0.3, 0.4) is 0 Å². The van der Waals surface area contributed by atoms with E-state index in [0.717, 1.165) is 11.3 Å². The number of anilines is 1. The summed E-state index contributed by atoms with van der Waals surface area (Å²) in [4.78, 5) is 8.49. The molecule has 3 nitrogen and oxygen atoms in total. The molecule has 82 valence electrons. The van der Waals surface area contributed by atoms with Gasteiger partial charge in [-0.25, -0.2) is 9.97 Å². The molecule has 0 aliphatic heterocycles. The second-order valence-electron chi connectivity index (χ2n) is 4.04. The maximum Gasteiger partial charge on any atom is 0.128 e. The Bertz CT molecular complexity index is 512. The van der Waals surface area contributed by atoms with Crippen molar-refractivity contribution in [1.29, 1.82) is 0 Å². The van der Waals surface area contributed by atoms with Gasteiger partial charge >= 0.3 is 0 Å². The summed E-state index contributed by atoms with van der Waals surface area (Å²) in [5.41, 5.74) is 10.2. The summed E-state index contributed by atoms with van der Waals surface area (Å²) in [6, 6.07) is 8.12. The number of nitrogens with zero attached hydrogens (tertiary/aromatic N) is 2. The highest BCUT2D eigenvalue weighted by molar-refractivity contribution is 5.66. The van der Waals surface area contributed by atoms with Gasteiger partial charge in [-0.15, -0.1) is 0 Å². The highest BCUT2D eigenvalue weighted by atomic mass is 14.9. The molecule has 1 aromatic heterocycles. The molecule has 0 aliphatic rings. The highest BCUT2D eigenvalue weighted by Crippen LogP contribution is 2.23. The Kier molecular flexibility index (Phi) is 2.60. The Morgan fingerprint density at radius 3 is 2.44 bits per heavy atom. The molecule has 0 radical (unpaired) electrons. The van der Waals surface area contributed by atoms with E-state index in [1.807, 2.05) is 13.0 Å². The van der Waals surface area contributed by atoms with Crippen LogP contribution in [0.5, 0.6) is 0 Å². The zero-order valence-corrected chi connectivity index (χ0v) is 9.78. The molecule has 2 rings (SSSR count). The van der Waals surface area contributed by atoms with Gasteiger partial charge in [0.1, 0.15) is 11.6 Å². The smallest absolute Gasteiger partial charge is 0.128 e. The van der Waals surface area contributed by atoms with E-state index < -0.39 is 0 Å². The average molecular weight is 213 g/mol. The molecule has 3 heteroatoms. The lowest BCUT2D eigenvalue weighted by Gasteiger charge is -2.07. The summed E-state index contributed by atoms with van der Waals surface area (Å²) in [5.74, 6) is 1.22. The lowest BCUT2D eigenvalue weighted by Crippen LogP contribution is -1.98. The highest BCUT2D eigenvalue weighted by Gasteiger charge is 2.05. The Morgan fingerprint density at radius 1 is 1.00 bits per heavy atom. The van der Waals surface area contributed by atoms with E-state index in [2.05, 4.69) is 42.0 Å². The first-order valence-electron chi connectivity index (χ1n) is 5.25. The zero-order chi connectivity index (χ0) is 11.7. The van der Waals surface area contributed by atoms with Crippen LogP contribution < -0.4 is 5.73 Å². The predicted molar refractivity (Wildman–Crippen MR) is 66.1 cm³/mol. The third-order valence-electron chi connectivity index (χ3n) is 2.53. The van der Waals surface area contributed by atoms with Crippen molar-refractivity contribution in [1.82, 2.24) is 9.97 Å². The first kappa shape index (κ1) is 10.6. The molecule has 0 unspecified atom stereocenters. The average Bonchev–Trinajstić information content (AvgIpc) is 2.20. The third-order valence-corrected chi connectivity index (χ3v) is 2.53. The number of rotatable bonds is 1. The lowest BCUT2D eigenvalue weighted by molar-refractivity contribution is 1.06. The molecule has 16 heavy (non-hydrogen) atoms. The number of nitrogen functional groups attached to an aromatic ring is 1. The Labute approximate surface area is 95.4 Å². The fourth-order valence-corrected chi connectivity index (χ4v) is 1.74. The minimum absolute atomic E-state index is 0.517. The van der Waals surface area contributed by atoms with Gasteiger partial charge in [-0.1, -0.05) is 17.7 Å². The minimum Gasteiger partial charge on any atom is -0.384 e. The molecule has 0 amide bonds. The van der Waals surface area contributed by atoms with Crippen molar-refractivity contribution in [2.75, 3.05) is 5.73 Å². The van der Waals surface area contributed by atoms with E-state index in [-0.39, 0.29) is 0 Å². The van der Waals surface area contributed by atoms with Crippen LogP contribution in [0.15, 0.2) is 24.3 Å². The molecule has 1 heterocycles. The topological polar surface area (TPSA) is 51.8 Å². The van der Waals surface area contributed by atoms with E-state index in [9.17, 15) is 0 Å². The quantitative estimate of drug-likeness (QED) is 0.792. The second kappa shape index (κ2) is 3.93. The van der Waals surface area contributed by atoms with Crippen molar-refractivity contribution in [3.8, 4) is 11.3 Å². The molecule has 2 aromatic rings. The van der Waals surface area contributed by atoms with E-state index in [1.165, 1.54) is 11.1 Å². The molecular weight excluding hydrogens is 198 g/mol. The van der Waals surface area contributed by atoms with Crippen LogP contribution >= 0.6 is 0 Å². The second-order valence-corrected chi connectivity index (χ2v) is 4.04. The van der Waals surface area contributed by atoms with E-state index in [1.54, 1.807) is 0 Å². The summed E-state index contributed by atoms with van der Waals surface area (Å²) in [7, 11) is 0. The minimum atomic E-state index is 0.517. The van der Waals surface area contributed by atoms with E-state index >= 15 is 0 Å². The third kappa shape index (κ3) is 2.03. The molecule has 2 N–H and O–H groups in total. The summed E-state index contributed by atoms with van der Waals surface area (Å²) in [6.45, 7) is 5.99. The molecule has 0 saturated heterocycles. The van der Waals surface area contributed by atoms with Gasteiger partial charge in [-0.05, 0) is 32.4 Å². The van der Waals surface area contributed by atoms with Crippen molar-refractivity contribution in [3.63, 3.8) is 0 Å². The van der Waals surface area contributed by atoms with Gasteiger partial charge < -0.3 is 5.73 Å². The largest absolute Gasteiger partial charge is 0.384 e. The van der Waals surface area contributed by atoms with Crippen molar-refractivity contribution in [2.24, 2.45) is 0 Å². The predicted octanol–water partition coefficient (Wildman–Crippen LogP) is 2.65. The molecular formula is C13H15N3. The molecule has 0 bridgehead atoms. The Morgan fingerprint density at radius 2 is 1.75 bits per heavy atom. The number of aryl methyl sites for hydroxylation is 3. The maximum absolute atomic E-state index is 5.73. The van der Waals surface area contributed by atoms with Gasteiger partial charge in [0.2, 0.25) is 0 Å². The van der Waals surface area contributed by atoms with Gasteiger partial charge in [-0.2, -0.15) is 0 Å². The fourth-order valence-electron chi connectivity index (χ4n) is 1.74. The van der Waals surface area contributed by atoms with Gasteiger partial charge in [-0.3, -0.25) is 0 Å². The van der Waals surface area contributed by atoms with Crippen LogP contribution in [-0.2, 0) is 0 Å². The first-order valence-corrected chi connectivity index (χ1v) is 5.25. The molecule has 0 aliphatic carbocycles. The van der Waals surface area contributed by atoms with Crippen LogP contribution in [-0.4, -0.2) is 9.97 Å². The SMILES string of the molecule is Cc1ccc(C)c(-c2cc(N)nc(C)n2)c1. The molecule has 0 atom stereocenters. The van der Waals surface area contributed by atoms with Gasteiger partial charge in [0.15, 0.2) is 0 Å². The lowest BCUT2D eigenvalue weighted by atomic mass is 10.0. The van der Waals surface area contributed by atoms with Gasteiger partial charge in [0, 0.05) is 11.6 Å².